The first-order valence-electron chi connectivity index (χ1n) is 5.79. The molecular weight excluding hydrogens is 195 g/mol. The summed E-state index contributed by atoms with van der Waals surface area (Å²) in [6.07, 6.45) is 3.43. The van der Waals surface area contributed by atoms with Crippen molar-refractivity contribution in [2.45, 2.75) is 39.2 Å². The Bertz CT molecular complexity index is 156. The molecule has 4 nitrogen and oxygen atoms in total. The summed E-state index contributed by atoms with van der Waals surface area (Å²) < 4.78 is 21.4. The van der Waals surface area contributed by atoms with Gasteiger partial charge >= 0.3 is 7.32 Å². The van der Waals surface area contributed by atoms with Crippen LogP contribution in [-0.4, -0.2) is 39.9 Å². The van der Waals surface area contributed by atoms with Gasteiger partial charge in [0.15, 0.2) is 0 Å². The Labute approximate surface area is 92.4 Å². The third-order valence-electron chi connectivity index (χ3n) is 2.25. The molecule has 5 heteroatoms. The predicted molar refractivity (Wildman–Crippen MR) is 58.5 cm³/mol. The molecule has 0 radical (unpaired) electrons. The van der Waals surface area contributed by atoms with E-state index in [1.54, 1.807) is 0 Å². The largest absolute Gasteiger partial charge is 0.639 e. The summed E-state index contributed by atoms with van der Waals surface area (Å²) in [5.41, 5.74) is 0. The van der Waals surface area contributed by atoms with E-state index in [2.05, 4.69) is 6.92 Å². The second kappa shape index (κ2) is 8.10. The van der Waals surface area contributed by atoms with Crippen LogP contribution >= 0.6 is 0 Å². The van der Waals surface area contributed by atoms with Gasteiger partial charge in [0.25, 0.3) is 0 Å². The van der Waals surface area contributed by atoms with Crippen molar-refractivity contribution >= 4 is 7.32 Å². The summed E-state index contributed by atoms with van der Waals surface area (Å²) in [5.74, 6) is 0. The van der Waals surface area contributed by atoms with Crippen LogP contribution in [0.3, 0.4) is 0 Å². The summed E-state index contributed by atoms with van der Waals surface area (Å²) in [5, 5.41) is 0. The maximum Gasteiger partial charge on any atom is 0.639 e. The van der Waals surface area contributed by atoms with Gasteiger partial charge in [-0.1, -0.05) is 13.3 Å². The molecular formula is C10H21BO4. The second-order valence-electron chi connectivity index (χ2n) is 3.73. The molecule has 0 saturated carbocycles. The lowest BCUT2D eigenvalue weighted by molar-refractivity contribution is 0.00105. The van der Waals surface area contributed by atoms with E-state index in [1.165, 1.54) is 0 Å². The standard InChI is InChI=1S/C10H21BO4/c1-3-4-6-12-8-9-14-11-13-7-5-10(2)15-11/h10H,3-9H2,1-2H3. The molecule has 0 spiro atoms. The molecule has 1 rings (SSSR count). The highest BCUT2D eigenvalue weighted by molar-refractivity contribution is 6.36. The molecule has 15 heavy (non-hydrogen) atoms. The minimum absolute atomic E-state index is 0.227. The highest BCUT2D eigenvalue weighted by Gasteiger charge is 2.28. The van der Waals surface area contributed by atoms with Crippen LogP contribution < -0.4 is 0 Å². The minimum atomic E-state index is -0.497. The van der Waals surface area contributed by atoms with E-state index >= 15 is 0 Å². The number of unbranched alkanes of at least 4 members (excludes halogenated alkanes) is 1. The molecule has 0 aliphatic carbocycles. The van der Waals surface area contributed by atoms with E-state index in [0.29, 0.717) is 19.8 Å². The van der Waals surface area contributed by atoms with E-state index in [0.717, 1.165) is 25.9 Å². The second-order valence-corrected chi connectivity index (χ2v) is 3.73. The van der Waals surface area contributed by atoms with Gasteiger partial charge < -0.3 is 18.7 Å². The van der Waals surface area contributed by atoms with Crippen molar-refractivity contribution in [2.75, 3.05) is 26.4 Å². The van der Waals surface area contributed by atoms with Crippen LogP contribution in [-0.2, 0) is 18.7 Å². The molecule has 1 saturated heterocycles. The van der Waals surface area contributed by atoms with Crippen molar-refractivity contribution < 1.29 is 18.7 Å². The van der Waals surface area contributed by atoms with Crippen LogP contribution in [0.5, 0.6) is 0 Å². The van der Waals surface area contributed by atoms with E-state index in [9.17, 15) is 0 Å². The summed E-state index contributed by atoms with van der Waals surface area (Å²) in [4.78, 5) is 0. The Kier molecular flexibility index (Phi) is 7.01. The summed E-state index contributed by atoms with van der Waals surface area (Å²) in [6.45, 7) is 6.82. The van der Waals surface area contributed by atoms with Gasteiger partial charge in [-0.3, -0.25) is 0 Å². The zero-order valence-corrected chi connectivity index (χ0v) is 9.74. The number of hydrogen-bond donors (Lipinski definition) is 0. The highest BCUT2D eigenvalue weighted by atomic mass is 16.7. The lowest BCUT2D eigenvalue weighted by atomic mass is 10.1. The molecule has 0 aromatic rings. The number of ether oxygens (including phenoxy) is 1. The third-order valence-corrected chi connectivity index (χ3v) is 2.25. The van der Waals surface area contributed by atoms with E-state index in [4.69, 9.17) is 18.7 Å². The topological polar surface area (TPSA) is 36.9 Å². The van der Waals surface area contributed by atoms with Crippen LogP contribution in [0.2, 0.25) is 0 Å². The molecule has 1 heterocycles. The van der Waals surface area contributed by atoms with Gasteiger partial charge in [0, 0.05) is 19.3 Å². The average molecular weight is 216 g/mol. The molecule has 0 bridgehead atoms. The third kappa shape index (κ3) is 6.15. The number of hydrogen-bond acceptors (Lipinski definition) is 4. The molecule has 1 aliphatic heterocycles. The van der Waals surface area contributed by atoms with Gasteiger partial charge in [0.1, 0.15) is 0 Å². The molecule has 0 N–H and O–H groups in total. The molecule has 1 atom stereocenters. The first-order chi connectivity index (χ1) is 7.33. The molecule has 0 amide bonds. The van der Waals surface area contributed by atoms with Gasteiger partial charge in [-0.05, 0) is 19.8 Å². The Hall–Kier alpha value is -0.0951. The molecule has 0 aromatic heterocycles. The molecule has 1 unspecified atom stereocenters. The fourth-order valence-corrected chi connectivity index (χ4v) is 1.27. The number of rotatable bonds is 7. The Balaban J connectivity index is 1.90. The SMILES string of the molecule is CCCCOCCOB1OCCC(C)O1. The zero-order chi connectivity index (χ0) is 10.9. The smallest absolute Gasteiger partial charge is 0.386 e. The maximum atomic E-state index is 5.41. The first kappa shape index (κ1) is 13.0. The quantitative estimate of drug-likeness (QED) is 0.478. The van der Waals surface area contributed by atoms with Crippen molar-refractivity contribution in [3.63, 3.8) is 0 Å². The molecule has 1 aliphatic rings. The van der Waals surface area contributed by atoms with E-state index in [-0.39, 0.29) is 6.10 Å². The van der Waals surface area contributed by atoms with Crippen LogP contribution in [0.4, 0.5) is 0 Å². The van der Waals surface area contributed by atoms with Crippen molar-refractivity contribution in [3.8, 4) is 0 Å². The van der Waals surface area contributed by atoms with Gasteiger partial charge in [-0.25, -0.2) is 0 Å². The van der Waals surface area contributed by atoms with Gasteiger partial charge in [-0.2, -0.15) is 0 Å². The van der Waals surface area contributed by atoms with Crippen LogP contribution in [0.25, 0.3) is 0 Å². The van der Waals surface area contributed by atoms with Gasteiger partial charge in [0.05, 0.1) is 13.2 Å². The van der Waals surface area contributed by atoms with E-state index in [1.807, 2.05) is 6.92 Å². The Morgan fingerprint density at radius 2 is 2.20 bits per heavy atom. The van der Waals surface area contributed by atoms with Gasteiger partial charge in [-0.15, -0.1) is 0 Å². The van der Waals surface area contributed by atoms with Crippen LogP contribution in [0.15, 0.2) is 0 Å². The molecule has 1 fully saturated rings. The minimum Gasteiger partial charge on any atom is -0.386 e. The monoisotopic (exact) mass is 216 g/mol. The van der Waals surface area contributed by atoms with Crippen molar-refractivity contribution in [1.82, 2.24) is 0 Å². The first-order valence-corrected chi connectivity index (χ1v) is 5.79. The van der Waals surface area contributed by atoms with E-state index < -0.39 is 7.32 Å². The summed E-state index contributed by atoms with van der Waals surface area (Å²) in [7, 11) is -0.497. The average Bonchev–Trinajstić information content (AvgIpc) is 2.23. The maximum absolute atomic E-state index is 5.41. The lowest BCUT2D eigenvalue weighted by Crippen LogP contribution is -2.37. The van der Waals surface area contributed by atoms with Crippen molar-refractivity contribution in [3.05, 3.63) is 0 Å². The van der Waals surface area contributed by atoms with Crippen molar-refractivity contribution in [1.29, 1.82) is 0 Å². The Morgan fingerprint density at radius 1 is 1.33 bits per heavy atom. The van der Waals surface area contributed by atoms with Crippen molar-refractivity contribution in [2.24, 2.45) is 0 Å². The Morgan fingerprint density at radius 3 is 2.93 bits per heavy atom. The molecule has 88 valence electrons. The van der Waals surface area contributed by atoms with Gasteiger partial charge in [0.2, 0.25) is 0 Å². The summed E-state index contributed by atoms with van der Waals surface area (Å²) in [6, 6.07) is 0. The van der Waals surface area contributed by atoms with Crippen LogP contribution in [0, 0.1) is 0 Å². The van der Waals surface area contributed by atoms with Crippen LogP contribution in [0.1, 0.15) is 33.1 Å². The fourth-order valence-electron chi connectivity index (χ4n) is 1.27. The fraction of sp³-hybridized carbons (Fsp3) is 1.00. The zero-order valence-electron chi connectivity index (χ0n) is 9.74. The molecule has 0 aromatic carbocycles. The normalized spacial score (nSPS) is 22.0. The lowest BCUT2D eigenvalue weighted by Gasteiger charge is -2.24. The predicted octanol–water partition coefficient (Wildman–Crippen LogP) is 1.63. The highest BCUT2D eigenvalue weighted by Crippen LogP contribution is 2.09. The summed E-state index contributed by atoms with van der Waals surface area (Å²) >= 11 is 0.